The molecule has 3 aliphatic heterocycles. The van der Waals surface area contributed by atoms with Crippen molar-refractivity contribution in [1.82, 2.24) is 20.3 Å². The summed E-state index contributed by atoms with van der Waals surface area (Å²) in [7, 11) is 0. The number of nitrogens with one attached hydrogen (secondary N) is 2. The highest BCUT2D eigenvalue weighted by Gasteiger charge is 2.29. The van der Waals surface area contributed by atoms with Gasteiger partial charge >= 0.3 is 0 Å². The van der Waals surface area contributed by atoms with E-state index in [1.165, 1.54) is 0 Å². The third-order valence-corrected chi connectivity index (χ3v) is 5.78. The number of anilines is 3. The average molecular weight is 382 g/mol. The minimum Gasteiger partial charge on any atom is -0.482 e. The molecule has 5 rings (SSSR count). The molecule has 0 radical (unpaired) electrons. The van der Waals surface area contributed by atoms with Gasteiger partial charge in [0.1, 0.15) is 24.1 Å². The van der Waals surface area contributed by atoms with E-state index in [1.807, 2.05) is 13.1 Å². The number of pyridine rings is 1. The zero-order valence-electron chi connectivity index (χ0n) is 16.1. The predicted octanol–water partition coefficient (Wildman–Crippen LogP) is 2.37. The molecule has 8 heteroatoms. The van der Waals surface area contributed by atoms with Crippen LogP contribution in [0, 0.1) is 0 Å². The van der Waals surface area contributed by atoms with Gasteiger partial charge in [-0.15, -0.1) is 0 Å². The van der Waals surface area contributed by atoms with Crippen molar-refractivity contribution in [2.75, 3.05) is 49.6 Å². The van der Waals surface area contributed by atoms with Crippen LogP contribution in [0.4, 0.5) is 17.3 Å². The molecule has 3 aliphatic rings. The van der Waals surface area contributed by atoms with E-state index in [9.17, 15) is 0 Å². The number of piperidine rings is 1. The fourth-order valence-electron chi connectivity index (χ4n) is 4.26. The molecular weight excluding hydrogens is 356 g/mol. The Kier molecular flexibility index (Phi) is 4.74. The summed E-state index contributed by atoms with van der Waals surface area (Å²) >= 11 is 0. The van der Waals surface area contributed by atoms with Crippen LogP contribution in [0.2, 0.25) is 0 Å². The van der Waals surface area contributed by atoms with Gasteiger partial charge in [0.2, 0.25) is 0 Å². The first-order valence-corrected chi connectivity index (χ1v) is 10.1. The number of hydrogen-bond acceptors (Lipinski definition) is 8. The first-order valence-electron chi connectivity index (χ1n) is 10.1. The highest BCUT2D eigenvalue weighted by molar-refractivity contribution is 5.72. The van der Waals surface area contributed by atoms with E-state index in [-0.39, 0.29) is 6.10 Å². The summed E-state index contributed by atoms with van der Waals surface area (Å²) in [5.74, 6) is 2.98. The number of nitrogens with zero attached hydrogens (tertiary/aromatic N) is 4. The van der Waals surface area contributed by atoms with E-state index in [0.717, 1.165) is 73.4 Å². The quantitative estimate of drug-likeness (QED) is 0.819. The Hall–Kier alpha value is -2.45. The Morgan fingerprint density at radius 3 is 2.75 bits per heavy atom. The zero-order chi connectivity index (χ0) is 18.9. The summed E-state index contributed by atoms with van der Waals surface area (Å²) in [5.41, 5.74) is 3.04. The van der Waals surface area contributed by atoms with Crippen LogP contribution in [-0.4, -0.2) is 54.3 Å². The maximum absolute atomic E-state index is 6.28. The summed E-state index contributed by atoms with van der Waals surface area (Å²) in [5, 5.41) is 6.92. The van der Waals surface area contributed by atoms with Crippen LogP contribution in [0.15, 0.2) is 18.6 Å². The molecule has 2 fully saturated rings. The maximum Gasteiger partial charge on any atom is 0.161 e. The molecule has 28 heavy (non-hydrogen) atoms. The standard InChI is InChI=1S/C20H26N6O2/c1-13-18-19(23-12-24-20(18)26-6-8-27-9-7-26)25-16-10-15(22-11-17(16)28-13)14-2-4-21-5-3-14/h10-14,21H,2-9H2,1H3,(H,23,24,25). The molecule has 0 bridgehead atoms. The lowest BCUT2D eigenvalue weighted by atomic mass is 9.94. The van der Waals surface area contributed by atoms with E-state index < -0.39 is 0 Å². The molecule has 8 nitrogen and oxygen atoms in total. The van der Waals surface area contributed by atoms with Crippen LogP contribution < -0.4 is 20.3 Å². The highest BCUT2D eigenvalue weighted by atomic mass is 16.5. The minimum absolute atomic E-state index is 0.172. The number of ether oxygens (including phenoxy) is 2. The molecule has 0 saturated carbocycles. The average Bonchev–Trinajstić information content (AvgIpc) is 2.90. The van der Waals surface area contributed by atoms with Crippen molar-refractivity contribution in [2.45, 2.75) is 31.8 Å². The smallest absolute Gasteiger partial charge is 0.161 e. The number of morpholine rings is 1. The topological polar surface area (TPSA) is 84.4 Å². The van der Waals surface area contributed by atoms with Crippen LogP contribution >= 0.6 is 0 Å². The minimum atomic E-state index is -0.172. The molecule has 1 unspecified atom stereocenters. The number of rotatable bonds is 2. The molecule has 5 heterocycles. The molecule has 2 saturated heterocycles. The maximum atomic E-state index is 6.28. The lowest BCUT2D eigenvalue weighted by Crippen LogP contribution is -2.37. The zero-order valence-corrected chi connectivity index (χ0v) is 16.1. The Balaban J connectivity index is 1.49. The fourth-order valence-corrected chi connectivity index (χ4v) is 4.26. The summed E-state index contributed by atoms with van der Waals surface area (Å²) in [6.45, 7) is 7.21. The molecule has 0 aromatic carbocycles. The van der Waals surface area contributed by atoms with Crippen LogP contribution in [0.1, 0.15) is 43.0 Å². The molecule has 1 atom stereocenters. The third kappa shape index (κ3) is 3.27. The van der Waals surface area contributed by atoms with Gasteiger partial charge in [-0.05, 0) is 38.9 Å². The van der Waals surface area contributed by atoms with Crippen LogP contribution in [-0.2, 0) is 4.74 Å². The van der Waals surface area contributed by atoms with Crippen molar-refractivity contribution in [3.8, 4) is 5.75 Å². The number of aromatic nitrogens is 3. The molecule has 0 amide bonds. The van der Waals surface area contributed by atoms with Crippen molar-refractivity contribution in [1.29, 1.82) is 0 Å². The van der Waals surface area contributed by atoms with E-state index in [4.69, 9.17) is 14.5 Å². The van der Waals surface area contributed by atoms with Crippen molar-refractivity contribution in [3.63, 3.8) is 0 Å². The van der Waals surface area contributed by atoms with Gasteiger partial charge in [0, 0.05) is 24.7 Å². The second kappa shape index (κ2) is 7.52. The predicted molar refractivity (Wildman–Crippen MR) is 106 cm³/mol. The third-order valence-electron chi connectivity index (χ3n) is 5.78. The van der Waals surface area contributed by atoms with Crippen LogP contribution in [0.5, 0.6) is 5.75 Å². The van der Waals surface area contributed by atoms with Gasteiger partial charge in [0.25, 0.3) is 0 Å². The largest absolute Gasteiger partial charge is 0.482 e. The van der Waals surface area contributed by atoms with Crippen molar-refractivity contribution in [3.05, 3.63) is 29.8 Å². The SMILES string of the molecule is CC1Oc2cnc(C3CCNCC3)cc2Nc2ncnc(N3CCOCC3)c21. The first kappa shape index (κ1) is 17.6. The van der Waals surface area contributed by atoms with E-state index in [1.54, 1.807) is 6.33 Å². The Morgan fingerprint density at radius 1 is 1.11 bits per heavy atom. The van der Waals surface area contributed by atoms with Gasteiger partial charge in [-0.25, -0.2) is 9.97 Å². The van der Waals surface area contributed by atoms with Gasteiger partial charge in [0.05, 0.1) is 30.7 Å². The summed E-state index contributed by atoms with van der Waals surface area (Å²) in [6, 6.07) is 2.13. The molecule has 0 aliphatic carbocycles. The normalized spacial score (nSPS) is 22.5. The molecule has 0 spiro atoms. The molecule has 148 valence electrons. The van der Waals surface area contributed by atoms with Crippen molar-refractivity contribution in [2.24, 2.45) is 0 Å². The lowest BCUT2D eigenvalue weighted by molar-refractivity contribution is 0.122. The first-order chi connectivity index (χ1) is 13.8. The van der Waals surface area contributed by atoms with Gasteiger partial charge in [-0.2, -0.15) is 0 Å². The molecule has 2 N–H and O–H groups in total. The Morgan fingerprint density at radius 2 is 1.93 bits per heavy atom. The number of fused-ring (bicyclic) bond motifs is 2. The van der Waals surface area contributed by atoms with Gasteiger partial charge in [0.15, 0.2) is 5.75 Å². The van der Waals surface area contributed by atoms with Gasteiger partial charge in [-0.1, -0.05) is 0 Å². The molecule has 2 aromatic heterocycles. The summed E-state index contributed by atoms with van der Waals surface area (Å²) < 4.78 is 11.8. The Labute approximate surface area is 164 Å². The van der Waals surface area contributed by atoms with Crippen LogP contribution in [0.3, 0.4) is 0 Å². The van der Waals surface area contributed by atoms with E-state index in [0.29, 0.717) is 19.1 Å². The van der Waals surface area contributed by atoms with Crippen molar-refractivity contribution < 1.29 is 9.47 Å². The highest BCUT2D eigenvalue weighted by Crippen LogP contribution is 2.42. The Bertz CT molecular complexity index is 849. The second-order valence-electron chi connectivity index (χ2n) is 7.57. The van der Waals surface area contributed by atoms with E-state index >= 15 is 0 Å². The van der Waals surface area contributed by atoms with E-state index in [2.05, 4.69) is 31.6 Å². The molecule has 2 aromatic rings. The summed E-state index contributed by atoms with van der Waals surface area (Å²) in [4.78, 5) is 16.1. The van der Waals surface area contributed by atoms with Crippen molar-refractivity contribution >= 4 is 17.3 Å². The monoisotopic (exact) mass is 382 g/mol. The van der Waals surface area contributed by atoms with Crippen LogP contribution in [0.25, 0.3) is 0 Å². The second-order valence-corrected chi connectivity index (χ2v) is 7.57. The lowest BCUT2D eigenvalue weighted by Gasteiger charge is -2.30. The van der Waals surface area contributed by atoms with Gasteiger partial charge in [-0.3, -0.25) is 4.98 Å². The molecular formula is C20H26N6O2. The summed E-state index contributed by atoms with van der Waals surface area (Å²) in [6.07, 6.45) is 5.54. The van der Waals surface area contributed by atoms with Gasteiger partial charge < -0.3 is 25.0 Å². The fraction of sp³-hybridized carbons (Fsp3) is 0.550. The number of hydrogen-bond donors (Lipinski definition) is 2.